The van der Waals surface area contributed by atoms with Gasteiger partial charge in [-0.2, -0.15) is 5.10 Å². The molecule has 0 atom stereocenters. The van der Waals surface area contributed by atoms with Gasteiger partial charge < -0.3 is 10.6 Å². The quantitative estimate of drug-likeness (QED) is 0.883. The number of nitrogens with zero attached hydrogens (tertiary/aromatic N) is 3. The third-order valence-electron chi connectivity index (χ3n) is 5.42. The van der Waals surface area contributed by atoms with E-state index >= 15 is 0 Å². The Balaban J connectivity index is 1.65. The average molecular weight is 351 g/mol. The van der Waals surface area contributed by atoms with E-state index in [0.29, 0.717) is 11.7 Å². The first-order chi connectivity index (χ1) is 12.7. The van der Waals surface area contributed by atoms with E-state index in [9.17, 15) is 4.79 Å². The van der Waals surface area contributed by atoms with Crippen LogP contribution in [-0.4, -0.2) is 42.3 Å². The van der Waals surface area contributed by atoms with Crippen molar-refractivity contribution in [2.24, 2.45) is 5.92 Å². The van der Waals surface area contributed by atoms with Gasteiger partial charge >= 0.3 is 0 Å². The molecule has 0 saturated carbocycles. The summed E-state index contributed by atoms with van der Waals surface area (Å²) in [6, 6.07) is 10.3. The van der Waals surface area contributed by atoms with Gasteiger partial charge in [-0.15, -0.1) is 5.10 Å². The van der Waals surface area contributed by atoms with Crippen molar-refractivity contribution in [3.8, 4) is 0 Å². The Kier molecular flexibility index (Phi) is 4.95. The summed E-state index contributed by atoms with van der Waals surface area (Å²) >= 11 is 0. The zero-order valence-electron chi connectivity index (χ0n) is 15.1. The van der Waals surface area contributed by atoms with Crippen molar-refractivity contribution < 1.29 is 4.79 Å². The van der Waals surface area contributed by atoms with Crippen molar-refractivity contribution in [1.29, 1.82) is 0 Å². The number of aryl methyl sites for hydroxylation is 1. The molecule has 2 aliphatic heterocycles. The first-order valence-electron chi connectivity index (χ1n) is 9.37. The molecule has 6 nitrogen and oxygen atoms in total. The second-order valence-electron chi connectivity index (χ2n) is 7.18. The first kappa shape index (κ1) is 17.1. The van der Waals surface area contributed by atoms with E-state index in [-0.39, 0.29) is 11.8 Å². The topological polar surface area (TPSA) is 70.2 Å². The van der Waals surface area contributed by atoms with Crippen LogP contribution >= 0.6 is 0 Å². The van der Waals surface area contributed by atoms with Crippen molar-refractivity contribution in [1.82, 2.24) is 20.8 Å². The number of hydrogen-bond acceptors (Lipinski definition) is 5. The number of carbonyl (C=O) groups excluding carboxylic acids is 1. The Hall–Kier alpha value is -2.31. The molecule has 0 spiro atoms. The van der Waals surface area contributed by atoms with E-state index in [4.69, 9.17) is 0 Å². The maximum atomic E-state index is 13.1. The summed E-state index contributed by atoms with van der Waals surface area (Å²) < 4.78 is 0. The summed E-state index contributed by atoms with van der Waals surface area (Å²) in [5.74, 6) is 1.31. The molecule has 3 heterocycles. The molecule has 4 rings (SSSR count). The van der Waals surface area contributed by atoms with Crippen LogP contribution in [0, 0.1) is 12.8 Å². The second-order valence-corrected chi connectivity index (χ2v) is 7.18. The molecule has 2 aromatic rings. The maximum absolute atomic E-state index is 13.1. The number of hydrogen-bond donors (Lipinski definition) is 2. The van der Waals surface area contributed by atoms with Crippen LogP contribution < -0.4 is 15.5 Å². The number of carbonyl (C=O) groups is 1. The van der Waals surface area contributed by atoms with E-state index in [0.717, 1.165) is 37.4 Å². The van der Waals surface area contributed by atoms with Gasteiger partial charge in [0.05, 0.1) is 17.8 Å². The zero-order chi connectivity index (χ0) is 17.9. The Labute approximate surface area is 154 Å². The molecule has 1 aromatic heterocycles. The van der Waals surface area contributed by atoms with E-state index in [2.05, 4.69) is 45.1 Å². The largest absolute Gasteiger partial charge is 0.317 e. The highest BCUT2D eigenvalue weighted by atomic mass is 16.2. The number of aromatic nitrogens is 2. The lowest BCUT2D eigenvalue weighted by molar-refractivity contribution is -0.123. The number of nitrogens with one attached hydrogen (secondary N) is 2. The SMILES string of the molecule is Cc1ccnnc1N(C(=O)C1CNC1)c1ccc(C2CCNCC2)cc1. The van der Waals surface area contributed by atoms with Crippen molar-refractivity contribution in [3.63, 3.8) is 0 Å². The smallest absolute Gasteiger partial charge is 0.238 e. The fraction of sp³-hybridized carbons (Fsp3) is 0.450. The van der Waals surface area contributed by atoms with E-state index in [1.807, 2.05) is 13.0 Å². The molecular weight excluding hydrogens is 326 g/mol. The molecule has 26 heavy (non-hydrogen) atoms. The predicted octanol–water partition coefficient (Wildman–Crippen LogP) is 2.14. The minimum Gasteiger partial charge on any atom is -0.317 e. The molecule has 2 saturated heterocycles. The van der Waals surface area contributed by atoms with Gasteiger partial charge in [-0.1, -0.05) is 12.1 Å². The van der Waals surface area contributed by atoms with Crippen LogP contribution in [0.5, 0.6) is 0 Å². The lowest BCUT2D eigenvalue weighted by Gasteiger charge is -2.32. The third kappa shape index (κ3) is 3.34. The van der Waals surface area contributed by atoms with E-state index in [1.54, 1.807) is 11.1 Å². The summed E-state index contributed by atoms with van der Waals surface area (Å²) in [4.78, 5) is 14.8. The number of benzene rings is 1. The fourth-order valence-corrected chi connectivity index (χ4v) is 3.66. The minimum absolute atomic E-state index is 0.000464. The maximum Gasteiger partial charge on any atom is 0.238 e. The molecule has 0 unspecified atom stereocenters. The van der Waals surface area contributed by atoms with Crippen LogP contribution in [0.25, 0.3) is 0 Å². The van der Waals surface area contributed by atoms with Gasteiger partial charge in [0.1, 0.15) is 0 Å². The van der Waals surface area contributed by atoms with Crippen molar-refractivity contribution in [2.75, 3.05) is 31.1 Å². The van der Waals surface area contributed by atoms with Gasteiger partial charge in [0, 0.05) is 13.1 Å². The average Bonchev–Trinajstić information content (AvgIpc) is 2.63. The van der Waals surface area contributed by atoms with E-state index < -0.39 is 0 Å². The van der Waals surface area contributed by atoms with Gasteiger partial charge in [-0.3, -0.25) is 9.69 Å². The summed E-state index contributed by atoms with van der Waals surface area (Å²) in [6.07, 6.45) is 3.99. The molecular formula is C20H25N5O. The van der Waals surface area contributed by atoms with Crippen LogP contribution in [0.4, 0.5) is 11.5 Å². The second kappa shape index (κ2) is 7.51. The van der Waals surface area contributed by atoms with Gasteiger partial charge in [0.2, 0.25) is 5.91 Å². The molecule has 2 aliphatic rings. The lowest BCUT2D eigenvalue weighted by atomic mass is 9.90. The highest BCUT2D eigenvalue weighted by molar-refractivity contribution is 6.02. The Morgan fingerprint density at radius 2 is 1.81 bits per heavy atom. The molecule has 2 fully saturated rings. The van der Waals surface area contributed by atoms with Crippen LogP contribution in [0.15, 0.2) is 36.5 Å². The lowest BCUT2D eigenvalue weighted by Crippen LogP contribution is -2.51. The molecule has 1 amide bonds. The molecule has 6 heteroatoms. The standard InChI is InChI=1S/C20H25N5O/c1-14-6-11-23-24-19(14)25(20(26)17-12-22-13-17)18-4-2-15(3-5-18)16-7-9-21-10-8-16/h2-6,11,16-17,21-22H,7-10,12-13H2,1H3. The number of rotatable bonds is 4. The van der Waals surface area contributed by atoms with Crippen LogP contribution in [0.3, 0.4) is 0 Å². The zero-order valence-corrected chi connectivity index (χ0v) is 15.1. The summed E-state index contributed by atoms with van der Waals surface area (Å²) in [6.45, 7) is 5.56. The fourth-order valence-electron chi connectivity index (χ4n) is 3.66. The molecule has 0 bridgehead atoms. The molecule has 0 aliphatic carbocycles. The number of amides is 1. The molecule has 0 radical (unpaired) electrons. The molecule has 2 N–H and O–H groups in total. The molecule has 136 valence electrons. The summed E-state index contributed by atoms with van der Waals surface area (Å²) in [5, 5.41) is 14.8. The Bertz CT molecular complexity index is 766. The van der Waals surface area contributed by atoms with Gasteiger partial charge in [-0.25, -0.2) is 0 Å². The molecule has 1 aromatic carbocycles. The highest BCUT2D eigenvalue weighted by Gasteiger charge is 2.32. The number of anilines is 2. The van der Waals surface area contributed by atoms with Crippen molar-refractivity contribution >= 4 is 17.4 Å². The van der Waals surface area contributed by atoms with E-state index in [1.165, 1.54) is 18.4 Å². The van der Waals surface area contributed by atoms with Crippen molar-refractivity contribution in [2.45, 2.75) is 25.7 Å². The highest BCUT2D eigenvalue weighted by Crippen LogP contribution is 2.31. The normalized spacial score (nSPS) is 18.3. The van der Waals surface area contributed by atoms with Crippen molar-refractivity contribution in [3.05, 3.63) is 47.7 Å². The van der Waals surface area contributed by atoms with Crippen LogP contribution in [0.1, 0.15) is 29.9 Å². The van der Waals surface area contributed by atoms with Gasteiger partial charge in [0.25, 0.3) is 0 Å². The van der Waals surface area contributed by atoms with Gasteiger partial charge in [0.15, 0.2) is 5.82 Å². The van der Waals surface area contributed by atoms with Crippen LogP contribution in [0.2, 0.25) is 0 Å². The van der Waals surface area contributed by atoms with Gasteiger partial charge in [-0.05, 0) is 68.1 Å². The monoisotopic (exact) mass is 351 g/mol. The van der Waals surface area contributed by atoms with Crippen LogP contribution in [-0.2, 0) is 4.79 Å². The summed E-state index contributed by atoms with van der Waals surface area (Å²) in [5.41, 5.74) is 3.16. The first-order valence-corrected chi connectivity index (χ1v) is 9.37. The predicted molar refractivity (Wildman–Crippen MR) is 102 cm³/mol. The minimum atomic E-state index is 0.000464. The number of piperidine rings is 1. The summed E-state index contributed by atoms with van der Waals surface area (Å²) in [7, 11) is 0. The third-order valence-corrected chi connectivity index (χ3v) is 5.42. The Morgan fingerprint density at radius 1 is 1.08 bits per heavy atom. The Morgan fingerprint density at radius 3 is 2.42 bits per heavy atom.